The van der Waals surface area contributed by atoms with E-state index in [-0.39, 0.29) is 6.61 Å². The lowest BCUT2D eigenvalue weighted by Gasteiger charge is -1.99. The summed E-state index contributed by atoms with van der Waals surface area (Å²) in [7, 11) is 0. The van der Waals surface area contributed by atoms with E-state index in [9.17, 15) is 4.39 Å². The number of benzene rings is 1. The fourth-order valence-electron chi connectivity index (χ4n) is 1.25. The van der Waals surface area contributed by atoms with Crippen LogP contribution in [0.5, 0.6) is 0 Å². The van der Waals surface area contributed by atoms with E-state index in [0.29, 0.717) is 5.52 Å². The summed E-state index contributed by atoms with van der Waals surface area (Å²) in [6.45, 7) is -0.00663. The number of rotatable bonds is 1. The van der Waals surface area contributed by atoms with Gasteiger partial charge in [-0.3, -0.25) is 0 Å². The van der Waals surface area contributed by atoms with Gasteiger partial charge in [0.15, 0.2) is 0 Å². The number of aliphatic hydroxyl groups is 1. The van der Waals surface area contributed by atoms with Gasteiger partial charge in [0.2, 0.25) is 5.95 Å². The molecule has 0 bridgehead atoms. The lowest BCUT2D eigenvalue weighted by atomic mass is 10.1. The molecule has 0 saturated carbocycles. The van der Waals surface area contributed by atoms with Crippen LogP contribution in [0.3, 0.4) is 0 Å². The zero-order chi connectivity index (χ0) is 9.26. The van der Waals surface area contributed by atoms with Crippen LogP contribution in [0.1, 0.15) is 5.56 Å². The second-order valence-corrected chi connectivity index (χ2v) is 2.82. The molecule has 0 radical (unpaired) electrons. The molecule has 0 unspecified atom stereocenters. The third kappa shape index (κ3) is 1.51. The Kier molecular flexibility index (Phi) is 1.94. The van der Waals surface area contributed by atoms with Crippen LogP contribution < -0.4 is 0 Å². The molecule has 0 atom stereocenters. The minimum atomic E-state index is -0.482. The topological polar surface area (TPSA) is 33.1 Å². The zero-order valence-corrected chi connectivity index (χ0v) is 6.87. The molecule has 66 valence electrons. The molecule has 13 heavy (non-hydrogen) atoms. The maximum absolute atomic E-state index is 12.7. The Hall–Kier alpha value is -1.48. The summed E-state index contributed by atoms with van der Waals surface area (Å²) in [4.78, 5) is 3.70. The molecule has 3 heteroatoms. The number of halogens is 1. The lowest BCUT2D eigenvalue weighted by molar-refractivity contribution is 0.282. The monoisotopic (exact) mass is 177 g/mol. The largest absolute Gasteiger partial charge is 0.392 e. The normalized spacial score (nSPS) is 10.6. The highest BCUT2D eigenvalue weighted by Gasteiger charge is 1.98. The van der Waals surface area contributed by atoms with Gasteiger partial charge in [0, 0.05) is 5.39 Å². The van der Waals surface area contributed by atoms with Crippen LogP contribution >= 0.6 is 0 Å². The summed E-state index contributed by atoms with van der Waals surface area (Å²) in [5, 5.41) is 9.70. The quantitative estimate of drug-likeness (QED) is 0.674. The fraction of sp³-hybridized carbons (Fsp3) is 0.100. The molecule has 0 saturated heterocycles. The van der Waals surface area contributed by atoms with Crippen molar-refractivity contribution in [2.75, 3.05) is 0 Å². The van der Waals surface area contributed by atoms with Gasteiger partial charge in [0.25, 0.3) is 0 Å². The molecule has 1 heterocycles. The average molecular weight is 177 g/mol. The molecule has 2 rings (SSSR count). The first-order chi connectivity index (χ1) is 6.29. The summed E-state index contributed by atoms with van der Waals surface area (Å²) < 4.78 is 12.7. The van der Waals surface area contributed by atoms with Crippen LogP contribution in [0.15, 0.2) is 30.3 Å². The minimum absolute atomic E-state index is 0.00663. The highest BCUT2D eigenvalue weighted by molar-refractivity contribution is 5.78. The number of fused-ring (bicyclic) bond motifs is 1. The van der Waals surface area contributed by atoms with Crippen LogP contribution in [-0.2, 0) is 6.61 Å². The number of hydrogen-bond acceptors (Lipinski definition) is 2. The Balaban J connectivity index is 2.66. The maximum atomic E-state index is 12.7. The Labute approximate surface area is 74.7 Å². The summed E-state index contributed by atoms with van der Waals surface area (Å²) >= 11 is 0. The molecule has 0 fully saturated rings. The SMILES string of the molecule is OCc1ccc2nc(F)ccc2c1. The predicted molar refractivity (Wildman–Crippen MR) is 47.6 cm³/mol. The van der Waals surface area contributed by atoms with Crippen molar-refractivity contribution < 1.29 is 9.50 Å². The molecule has 0 aliphatic carbocycles. The summed E-state index contributed by atoms with van der Waals surface area (Å²) in [6.07, 6.45) is 0. The zero-order valence-electron chi connectivity index (χ0n) is 6.87. The van der Waals surface area contributed by atoms with Crippen LogP contribution in [-0.4, -0.2) is 10.1 Å². The van der Waals surface area contributed by atoms with Gasteiger partial charge >= 0.3 is 0 Å². The molecule has 1 aromatic carbocycles. The van der Waals surface area contributed by atoms with E-state index in [1.807, 2.05) is 0 Å². The van der Waals surface area contributed by atoms with Crippen molar-refractivity contribution in [2.24, 2.45) is 0 Å². The van der Waals surface area contributed by atoms with Crippen LogP contribution in [0.25, 0.3) is 10.9 Å². The van der Waals surface area contributed by atoms with Crippen molar-refractivity contribution in [3.8, 4) is 0 Å². The fourth-order valence-corrected chi connectivity index (χ4v) is 1.25. The number of aromatic nitrogens is 1. The molecule has 2 aromatic rings. The summed E-state index contributed by atoms with van der Waals surface area (Å²) in [6, 6.07) is 8.18. The number of pyridine rings is 1. The first kappa shape index (κ1) is 8.13. The van der Waals surface area contributed by atoms with Gasteiger partial charge in [-0.1, -0.05) is 6.07 Å². The maximum Gasteiger partial charge on any atom is 0.213 e. The third-order valence-corrected chi connectivity index (χ3v) is 1.90. The van der Waals surface area contributed by atoms with Crippen molar-refractivity contribution in [2.45, 2.75) is 6.61 Å². The Bertz CT molecular complexity index is 442. The molecule has 1 aromatic heterocycles. The Morgan fingerprint density at radius 1 is 1.23 bits per heavy atom. The minimum Gasteiger partial charge on any atom is -0.392 e. The van der Waals surface area contributed by atoms with Gasteiger partial charge < -0.3 is 5.11 Å². The van der Waals surface area contributed by atoms with E-state index >= 15 is 0 Å². The third-order valence-electron chi connectivity index (χ3n) is 1.90. The second kappa shape index (κ2) is 3.11. The highest BCUT2D eigenvalue weighted by Crippen LogP contribution is 2.14. The standard InChI is InChI=1S/C10H8FNO/c11-10-4-2-8-5-7(6-13)1-3-9(8)12-10/h1-5,13H,6H2. The van der Waals surface area contributed by atoms with Gasteiger partial charge in [-0.05, 0) is 29.8 Å². The van der Waals surface area contributed by atoms with Gasteiger partial charge in [0.05, 0.1) is 12.1 Å². The summed E-state index contributed by atoms with van der Waals surface area (Å²) in [5.41, 5.74) is 1.41. The van der Waals surface area contributed by atoms with Gasteiger partial charge in [-0.15, -0.1) is 0 Å². The van der Waals surface area contributed by atoms with Crippen molar-refractivity contribution >= 4 is 10.9 Å². The Morgan fingerprint density at radius 2 is 2.08 bits per heavy atom. The molecule has 0 spiro atoms. The van der Waals surface area contributed by atoms with Crippen LogP contribution in [0.4, 0.5) is 4.39 Å². The van der Waals surface area contributed by atoms with Gasteiger partial charge in [-0.25, -0.2) is 4.98 Å². The van der Waals surface area contributed by atoms with Crippen molar-refractivity contribution in [1.29, 1.82) is 0 Å². The van der Waals surface area contributed by atoms with E-state index in [4.69, 9.17) is 5.11 Å². The Morgan fingerprint density at radius 3 is 2.85 bits per heavy atom. The number of aliphatic hydroxyl groups excluding tert-OH is 1. The molecular weight excluding hydrogens is 169 g/mol. The van der Waals surface area contributed by atoms with Crippen LogP contribution in [0, 0.1) is 5.95 Å². The van der Waals surface area contributed by atoms with Gasteiger partial charge in [0.1, 0.15) is 0 Å². The number of nitrogens with zero attached hydrogens (tertiary/aromatic N) is 1. The molecular formula is C10H8FNO. The molecule has 1 N–H and O–H groups in total. The predicted octanol–water partition coefficient (Wildman–Crippen LogP) is 1.87. The molecule has 0 amide bonds. The highest BCUT2D eigenvalue weighted by atomic mass is 19.1. The first-order valence-electron chi connectivity index (χ1n) is 3.95. The lowest BCUT2D eigenvalue weighted by Crippen LogP contribution is -1.86. The van der Waals surface area contributed by atoms with E-state index in [1.54, 1.807) is 24.3 Å². The second-order valence-electron chi connectivity index (χ2n) is 2.82. The summed E-state index contributed by atoms with van der Waals surface area (Å²) in [5.74, 6) is -0.482. The van der Waals surface area contributed by atoms with E-state index < -0.39 is 5.95 Å². The smallest absolute Gasteiger partial charge is 0.213 e. The van der Waals surface area contributed by atoms with Gasteiger partial charge in [-0.2, -0.15) is 4.39 Å². The van der Waals surface area contributed by atoms with Crippen molar-refractivity contribution in [3.05, 3.63) is 41.8 Å². The molecule has 0 aliphatic heterocycles. The van der Waals surface area contributed by atoms with Crippen molar-refractivity contribution in [1.82, 2.24) is 4.98 Å². The molecule has 0 aliphatic rings. The van der Waals surface area contributed by atoms with E-state index in [0.717, 1.165) is 10.9 Å². The number of hydrogen-bond donors (Lipinski definition) is 1. The van der Waals surface area contributed by atoms with Crippen molar-refractivity contribution in [3.63, 3.8) is 0 Å². The van der Waals surface area contributed by atoms with Crippen LogP contribution in [0.2, 0.25) is 0 Å². The van der Waals surface area contributed by atoms with E-state index in [2.05, 4.69) is 4.98 Å². The van der Waals surface area contributed by atoms with E-state index in [1.165, 1.54) is 6.07 Å². The molecule has 2 nitrogen and oxygen atoms in total. The average Bonchev–Trinajstić information content (AvgIpc) is 2.17. The first-order valence-corrected chi connectivity index (χ1v) is 3.95.